The van der Waals surface area contributed by atoms with E-state index in [4.69, 9.17) is 15.7 Å². The van der Waals surface area contributed by atoms with Gasteiger partial charge in [0, 0.05) is 31.3 Å². The van der Waals surface area contributed by atoms with Crippen molar-refractivity contribution in [1.29, 1.82) is 0 Å². The SMILES string of the molecule is CN(CC1CCCCO1)C(=O)c1cccc(C(N)=NO)c1. The summed E-state index contributed by atoms with van der Waals surface area (Å²) in [4.78, 5) is 14.1. The van der Waals surface area contributed by atoms with Gasteiger partial charge in [0.25, 0.3) is 5.91 Å². The largest absolute Gasteiger partial charge is 0.409 e. The molecule has 114 valence electrons. The Bertz CT molecular complexity index is 525. The lowest BCUT2D eigenvalue weighted by atomic mass is 10.1. The second-order valence-corrected chi connectivity index (χ2v) is 5.24. The zero-order chi connectivity index (χ0) is 15.2. The minimum absolute atomic E-state index is 0.0112. The summed E-state index contributed by atoms with van der Waals surface area (Å²) in [5.41, 5.74) is 6.57. The van der Waals surface area contributed by atoms with Crippen LogP contribution in [0.5, 0.6) is 0 Å². The number of carbonyl (C=O) groups excluding carboxylic acids is 1. The number of benzene rings is 1. The molecule has 0 saturated carbocycles. The van der Waals surface area contributed by atoms with Crippen molar-refractivity contribution in [2.24, 2.45) is 10.9 Å². The van der Waals surface area contributed by atoms with Crippen molar-refractivity contribution in [2.45, 2.75) is 25.4 Å². The highest BCUT2D eigenvalue weighted by molar-refractivity contribution is 6.01. The van der Waals surface area contributed by atoms with Crippen molar-refractivity contribution in [3.8, 4) is 0 Å². The molecule has 1 aliphatic heterocycles. The Morgan fingerprint density at radius 2 is 2.24 bits per heavy atom. The molecule has 1 fully saturated rings. The lowest BCUT2D eigenvalue weighted by Gasteiger charge is -2.27. The minimum Gasteiger partial charge on any atom is -0.409 e. The van der Waals surface area contributed by atoms with Gasteiger partial charge in [-0.3, -0.25) is 4.79 Å². The van der Waals surface area contributed by atoms with Gasteiger partial charge in [-0.1, -0.05) is 17.3 Å². The molecule has 1 unspecified atom stereocenters. The number of hydrogen-bond donors (Lipinski definition) is 2. The molecule has 3 N–H and O–H groups in total. The van der Waals surface area contributed by atoms with Crippen LogP contribution in [-0.4, -0.2) is 48.2 Å². The summed E-state index contributed by atoms with van der Waals surface area (Å²) in [7, 11) is 1.76. The lowest BCUT2D eigenvalue weighted by molar-refractivity contribution is -0.000187. The fourth-order valence-corrected chi connectivity index (χ4v) is 2.43. The van der Waals surface area contributed by atoms with Crippen LogP contribution in [0.25, 0.3) is 0 Å². The van der Waals surface area contributed by atoms with E-state index in [9.17, 15) is 4.79 Å². The van der Waals surface area contributed by atoms with Crippen molar-refractivity contribution in [3.05, 3.63) is 35.4 Å². The summed E-state index contributed by atoms with van der Waals surface area (Å²) >= 11 is 0. The van der Waals surface area contributed by atoms with Crippen LogP contribution in [0.4, 0.5) is 0 Å². The maximum absolute atomic E-state index is 12.4. The number of likely N-dealkylation sites (N-methyl/N-ethyl adjacent to an activating group) is 1. The molecule has 1 heterocycles. The van der Waals surface area contributed by atoms with Crippen molar-refractivity contribution in [3.63, 3.8) is 0 Å². The summed E-state index contributed by atoms with van der Waals surface area (Å²) in [6, 6.07) is 6.74. The number of oxime groups is 1. The average molecular weight is 291 g/mol. The molecular weight excluding hydrogens is 270 g/mol. The van der Waals surface area contributed by atoms with Gasteiger partial charge < -0.3 is 20.6 Å². The van der Waals surface area contributed by atoms with Gasteiger partial charge in [-0.25, -0.2) is 0 Å². The maximum Gasteiger partial charge on any atom is 0.253 e. The van der Waals surface area contributed by atoms with Gasteiger partial charge >= 0.3 is 0 Å². The molecule has 1 aromatic rings. The first-order chi connectivity index (χ1) is 10.1. The molecule has 0 spiro atoms. The smallest absolute Gasteiger partial charge is 0.253 e. The van der Waals surface area contributed by atoms with E-state index < -0.39 is 0 Å². The molecule has 0 aliphatic carbocycles. The van der Waals surface area contributed by atoms with E-state index in [1.165, 1.54) is 0 Å². The summed E-state index contributed by atoms with van der Waals surface area (Å²) in [5.74, 6) is -0.111. The normalized spacial score (nSPS) is 19.3. The first-order valence-corrected chi connectivity index (χ1v) is 7.07. The van der Waals surface area contributed by atoms with Crippen LogP contribution in [0.15, 0.2) is 29.4 Å². The summed E-state index contributed by atoms with van der Waals surface area (Å²) in [6.07, 6.45) is 3.34. The first-order valence-electron chi connectivity index (χ1n) is 7.07. The van der Waals surface area contributed by atoms with Crippen LogP contribution in [0.2, 0.25) is 0 Å². The molecule has 0 bridgehead atoms. The summed E-state index contributed by atoms with van der Waals surface area (Å²) in [5, 5.41) is 11.6. The quantitative estimate of drug-likeness (QED) is 0.380. The number of rotatable bonds is 4. The Hall–Kier alpha value is -2.08. The lowest BCUT2D eigenvalue weighted by Crippen LogP contribution is -2.37. The highest BCUT2D eigenvalue weighted by Gasteiger charge is 2.20. The molecule has 1 saturated heterocycles. The van der Waals surface area contributed by atoms with Crippen LogP contribution >= 0.6 is 0 Å². The Morgan fingerprint density at radius 1 is 1.48 bits per heavy atom. The fraction of sp³-hybridized carbons (Fsp3) is 0.467. The van der Waals surface area contributed by atoms with Crippen LogP contribution < -0.4 is 5.73 Å². The molecule has 6 heteroatoms. The van der Waals surface area contributed by atoms with Gasteiger partial charge in [0.2, 0.25) is 0 Å². The van der Waals surface area contributed by atoms with Crippen LogP contribution in [-0.2, 0) is 4.74 Å². The summed E-state index contributed by atoms with van der Waals surface area (Å²) < 4.78 is 5.65. The monoisotopic (exact) mass is 291 g/mol. The third-order valence-corrected chi connectivity index (χ3v) is 3.61. The van der Waals surface area contributed by atoms with Crippen LogP contribution in [0, 0.1) is 0 Å². The number of carbonyl (C=O) groups is 1. The van der Waals surface area contributed by atoms with Gasteiger partial charge in [0.05, 0.1) is 6.10 Å². The first kappa shape index (κ1) is 15.3. The molecule has 2 rings (SSSR count). The van der Waals surface area contributed by atoms with E-state index in [0.29, 0.717) is 17.7 Å². The van der Waals surface area contributed by atoms with Crippen molar-refractivity contribution < 1.29 is 14.7 Å². The van der Waals surface area contributed by atoms with Crippen molar-refractivity contribution in [2.75, 3.05) is 20.2 Å². The van der Waals surface area contributed by atoms with Gasteiger partial charge in [0.15, 0.2) is 5.84 Å². The van der Waals surface area contributed by atoms with Crippen LogP contribution in [0.3, 0.4) is 0 Å². The second kappa shape index (κ2) is 7.08. The molecule has 21 heavy (non-hydrogen) atoms. The third-order valence-electron chi connectivity index (χ3n) is 3.61. The molecule has 0 aromatic heterocycles. The topological polar surface area (TPSA) is 88.2 Å². The molecule has 1 amide bonds. The van der Waals surface area contributed by atoms with E-state index in [1.54, 1.807) is 36.2 Å². The number of amidine groups is 1. The third kappa shape index (κ3) is 3.95. The molecule has 1 atom stereocenters. The van der Waals surface area contributed by atoms with E-state index in [0.717, 1.165) is 25.9 Å². The van der Waals surface area contributed by atoms with Gasteiger partial charge in [-0.05, 0) is 31.4 Å². The van der Waals surface area contributed by atoms with Crippen molar-refractivity contribution in [1.82, 2.24) is 4.90 Å². The molecule has 6 nitrogen and oxygen atoms in total. The van der Waals surface area contributed by atoms with E-state index >= 15 is 0 Å². The van der Waals surface area contributed by atoms with Crippen molar-refractivity contribution >= 4 is 11.7 Å². The average Bonchev–Trinajstić information content (AvgIpc) is 2.54. The molecule has 1 aliphatic rings. The van der Waals surface area contributed by atoms with E-state index in [2.05, 4.69) is 5.16 Å². The highest BCUT2D eigenvalue weighted by Crippen LogP contribution is 2.15. The number of hydrogen-bond acceptors (Lipinski definition) is 4. The maximum atomic E-state index is 12.4. The summed E-state index contributed by atoms with van der Waals surface area (Å²) in [6.45, 7) is 1.35. The number of nitrogens with zero attached hydrogens (tertiary/aromatic N) is 2. The molecule has 1 aromatic carbocycles. The highest BCUT2D eigenvalue weighted by atomic mass is 16.5. The second-order valence-electron chi connectivity index (χ2n) is 5.24. The standard InChI is InChI=1S/C15H21N3O3/c1-18(10-13-7-2-3-8-21-13)15(19)12-6-4-5-11(9-12)14(16)17-20/h4-6,9,13,20H,2-3,7-8,10H2,1H3,(H2,16,17). The predicted octanol–water partition coefficient (Wildman–Crippen LogP) is 1.42. The molecular formula is C15H21N3O3. The number of ether oxygens (including phenoxy) is 1. The van der Waals surface area contributed by atoms with Gasteiger partial charge in [0.1, 0.15) is 0 Å². The zero-order valence-electron chi connectivity index (χ0n) is 12.2. The number of amides is 1. The fourth-order valence-electron chi connectivity index (χ4n) is 2.43. The van der Waals surface area contributed by atoms with Crippen LogP contribution in [0.1, 0.15) is 35.2 Å². The van der Waals surface area contributed by atoms with Gasteiger partial charge in [-0.2, -0.15) is 0 Å². The Balaban J connectivity index is 2.04. The number of nitrogens with two attached hydrogens (primary N) is 1. The Labute approximate surface area is 124 Å². The van der Waals surface area contributed by atoms with E-state index in [1.807, 2.05) is 0 Å². The minimum atomic E-state index is -0.100. The van der Waals surface area contributed by atoms with E-state index in [-0.39, 0.29) is 17.8 Å². The zero-order valence-corrected chi connectivity index (χ0v) is 12.2. The Morgan fingerprint density at radius 3 is 2.90 bits per heavy atom. The predicted molar refractivity (Wildman–Crippen MR) is 79.5 cm³/mol. The van der Waals surface area contributed by atoms with Gasteiger partial charge in [-0.15, -0.1) is 0 Å². The Kier molecular flexibility index (Phi) is 5.16. The molecule has 0 radical (unpaired) electrons.